The lowest BCUT2D eigenvalue weighted by Crippen LogP contribution is -2.39. The van der Waals surface area contributed by atoms with Gasteiger partial charge in [0, 0.05) is 12.6 Å². The van der Waals surface area contributed by atoms with Crippen LogP contribution in [0.15, 0.2) is 48.5 Å². The van der Waals surface area contributed by atoms with Gasteiger partial charge in [0.2, 0.25) is 0 Å². The first-order valence-corrected chi connectivity index (χ1v) is 6.88. The zero-order valence-electron chi connectivity index (χ0n) is 10.6. The number of para-hydroxylation sites is 1. The minimum Gasteiger partial charge on any atom is -0.490 e. The predicted octanol–water partition coefficient (Wildman–Crippen LogP) is 3.43. The van der Waals surface area contributed by atoms with Crippen LogP contribution in [0, 0.1) is 0 Å². The Bertz CT molecular complexity index is 570. The molecule has 1 aliphatic rings. The molecule has 3 rings (SSSR count). The Hall–Kier alpha value is -1.51. The lowest BCUT2D eigenvalue weighted by atomic mass is 9.96. The molecule has 0 bridgehead atoms. The zero-order chi connectivity index (χ0) is 13.1. The van der Waals surface area contributed by atoms with Gasteiger partial charge in [-0.1, -0.05) is 48.0 Å². The van der Waals surface area contributed by atoms with Gasteiger partial charge in [-0.2, -0.15) is 0 Å². The van der Waals surface area contributed by atoms with Crippen LogP contribution in [0.3, 0.4) is 0 Å². The fourth-order valence-electron chi connectivity index (χ4n) is 2.39. The molecule has 0 radical (unpaired) electrons. The number of halogens is 1. The highest BCUT2D eigenvalue weighted by Gasteiger charge is 2.18. The van der Waals surface area contributed by atoms with E-state index in [9.17, 15) is 0 Å². The number of ether oxygens (including phenoxy) is 1. The summed E-state index contributed by atoms with van der Waals surface area (Å²) in [6, 6.07) is 16.5. The van der Waals surface area contributed by atoms with Crippen LogP contribution in [0.1, 0.15) is 11.1 Å². The second-order valence-electron chi connectivity index (χ2n) is 4.79. The molecule has 2 nitrogen and oxygen atoms in total. The van der Waals surface area contributed by atoms with E-state index < -0.39 is 0 Å². The Labute approximate surface area is 118 Å². The summed E-state index contributed by atoms with van der Waals surface area (Å²) in [6.45, 7) is 1.55. The van der Waals surface area contributed by atoms with Gasteiger partial charge in [0.25, 0.3) is 0 Å². The third kappa shape index (κ3) is 2.91. The maximum absolute atomic E-state index is 6.08. The molecule has 1 N–H and O–H groups in total. The molecule has 0 saturated carbocycles. The predicted molar refractivity (Wildman–Crippen MR) is 77.7 cm³/mol. The smallest absolute Gasteiger partial charge is 0.137 e. The molecule has 1 aliphatic heterocycles. The number of benzene rings is 2. The topological polar surface area (TPSA) is 21.3 Å². The maximum atomic E-state index is 6.08. The van der Waals surface area contributed by atoms with Gasteiger partial charge in [-0.05, 0) is 29.7 Å². The van der Waals surface area contributed by atoms with Gasteiger partial charge in [0.05, 0.1) is 5.02 Å². The molecule has 0 aliphatic carbocycles. The Morgan fingerprint density at radius 1 is 1.05 bits per heavy atom. The molecular formula is C16H16ClNO. The fraction of sp³-hybridized carbons (Fsp3) is 0.250. The number of fused-ring (bicyclic) bond motifs is 1. The fourth-order valence-corrected chi connectivity index (χ4v) is 2.58. The molecule has 0 amide bonds. The highest BCUT2D eigenvalue weighted by Crippen LogP contribution is 2.24. The minimum atomic E-state index is 0.339. The average molecular weight is 274 g/mol. The van der Waals surface area contributed by atoms with Crippen molar-refractivity contribution in [1.29, 1.82) is 0 Å². The van der Waals surface area contributed by atoms with E-state index in [1.165, 1.54) is 11.1 Å². The van der Waals surface area contributed by atoms with E-state index in [2.05, 4.69) is 29.6 Å². The molecule has 0 saturated heterocycles. The van der Waals surface area contributed by atoms with Crippen molar-refractivity contribution >= 4 is 11.6 Å². The Balaban J connectivity index is 1.62. The van der Waals surface area contributed by atoms with Gasteiger partial charge >= 0.3 is 0 Å². The van der Waals surface area contributed by atoms with Gasteiger partial charge < -0.3 is 10.1 Å². The molecular weight excluding hydrogens is 258 g/mol. The number of nitrogens with one attached hydrogen (secondary N) is 1. The van der Waals surface area contributed by atoms with Crippen molar-refractivity contribution in [3.63, 3.8) is 0 Å². The monoisotopic (exact) mass is 273 g/mol. The summed E-state index contributed by atoms with van der Waals surface area (Å²) in [5.74, 6) is 0.754. The summed E-state index contributed by atoms with van der Waals surface area (Å²) in [7, 11) is 0. The first-order valence-electron chi connectivity index (χ1n) is 6.50. The Kier molecular flexibility index (Phi) is 3.72. The summed E-state index contributed by atoms with van der Waals surface area (Å²) in [5.41, 5.74) is 2.80. The van der Waals surface area contributed by atoms with Crippen molar-refractivity contribution in [2.45, 2.75) is 19.0 Å². The highest BCUT2D eigenvalue weighted by molar-refractivity contribution is 6.32. The van der Waals surface area contributed by atoms with Crippen LogP contribution < -0.4 is 10.1 Å². The van der Waals surface area contributed by atoms with Crippen LogP contribution in [0.5, 0.6) is 5.75 Å². The van der Waals surface area contributed by atoms with Crippen molar-refractivity contribution in [2.24, 2.45) is 0 Å². The molecule has 1 unspecified atom stereocenters. The maximum Gasteiger partial charge on any atom is 0.137 e. The van der Waals surface area contributed by atoms with Crippen molar-refractivity contribution in [3.05, 3.63) is 64.7 Å². The zero-order valence-corrected chi connectivity index (χ0v) is 11.4. The summed E-state index contributed by atoms with van der Waals surface area (Å²) >= 11 is 6.08. The normalized spacial score (nSPS) is 17.8. The van der Waals surface area contributed by atoms with Crippen molar-refractivity contribution < 1.29 is 4.74 Å². The summed E-state index contributed by atoms with van der Waals surface area (Å²) in [6.07, 6.45) is 1.00. The van der Waals surface area contributed by atoms with Gasteiger partial charge in [0.1, 0.15) is 12.4 Å². The van der Waals surface area contributed by atoms with E-state index in [-0.39, 0.29) is 0 Å². The molecule has 2 aromatic carbocycles. The largest absolute Gasteiger partial charge is 0.490 e. The summed E-state index contributed by atoms with van der Waals surface area (Å²) < 4.78 is 5.80. The van der Waals surface area contributed by atoms with Gasteiger partial charge in [-0.25, -0.2) is 0 Å². The van der Waals surface area contributed by atoms with Crippen LogP contribution >= 0.6 is 11.6 Å². The van der Waals surface area contributed by atoms with E-state index in [0.717, 1.165) is 18.7 Å². The van der Waals surface area contributed by atoms with E-state index in [1.807, 2.05) is 24.3 Å². The van der Waals surface area contributed by atoms with E-state index >= 15 is 0 Å². The van der Waals surface area contributed by atoms with Crippen LogP contribution in [0.4, 0.5) is 0 Å². The van der Waals surface area contributed by atoms with Gasteiger partial charge in [0.15, 0.2) is 0 Å². The first-order chi connectivity index (χ1) is 9.33. The second-order valence-corrected chi connectivity index (χ2v) is 5.20. The third-order valence-electron chi connectivity index (χ3n) is 3.44. The Morgan fingerprint density at radius 3 is 2.63 bits per heavy atom. The Morgan fingerprint density at radius 2 is 1.79 bits per heavy atom. The van der Waals surface area contributed by atoms with Gasteiger partial charge in [-0.15, -0.1) is 0 Å². The van der Waals surface area contributed by atoms with Crippen LogP contribution in [0.25, 0.3) is 0 Å². The molecule has 1 atom stereocenters. The molecule has 0 aromatic heterocycles. The van der Waals surface area contributed by atoms with Gasteiger partial charge in [-0.3, -0.25) is 0 Å². The lowest BCUT2D eigenvalue weighted by molar-refractivity contribution is 0.256. The van der Waals surface area contributed by atoms with E-state index in [1.54, 1.807) is 0 Å². The van der Waals surface area contributed by atoms with Crippen molar-refractivity contribution in [3.8, 4) is 5.75 Å². The van der Waals surface area contributed by atoms with Crippen LogP contribution in [-0.4, -0.2) is 12.6 Å². The third-order valence-corrected chi connectivity index (χ3v) is 3.75. The average Bonchev–Trinajstić information content (AvgIpc) is 2.46. The molecule has 98 valence electrons. The van der Waals surface area contributed by atoms with Crippen molar-refractivity contribution in [1.82, 2.24) is 5.32 Å². The second kappa shape index (κ2) is 5.64. The molecule has 2 aromatic rings. The molecule has 1 heterocycles. The van der Waals surface area contributed by atoms with Crippen LogP contribution in [0.2, 0.25) is 5.02 Å². The lowest BCUT2D eigenvalue weighted by Gasteiger charge is -2.26. The van der Waals surface area contributed by atoms with E-state index in [4.69, 9.17) is 16.3 Å². The van der Waals surface area contributed by atoms with Crippen LogP contribution in [-0.2, 0) is 13.0 Å². The number of hydrogen-bond acceptors (Lipinski definition) is 2. The standard InChI is InChI=1S/C16H16ClNO/c17-15-7-3-4-8-16(15)19-11-14-9-12-5-1-2-6-13(12)10-18-14/h1-8,14,18H,9-11H2. The highest BCUT2D eigenvalue weighted by atomic mass is 35.5. The summed E-state index contributed by atoms with van der Waals surface area (Å²) in [5, 5.41) is 4.16. The number of hydrogen-bond donors (Lipinski definition) is 1. The minimum absolute atomic E-state index is 0.339. The molecule has 3 heteroatoms. The molecule has 19 heavy (non-hydrogen) atoms. The first kappa shape index (κ1) is 12.5. The quantitative estimate of drug-likeness (QED) is 0.925. The molecule has 0 spiro atoms. The summed E-state index contributed by atoms with van der Waals surface area (Å²) in [4.78, 5) is 0. The number of rotatable bonds is 3. The molecule has 0 fully saturated rings. The van der Waals surface area contributed by atoms with Crippen molar-refractivity contribution in [2.75, 3.05) is 6.61 Å². The SMILES string of the molecule is Clc1ccccc1OCC1Cc2ccccc2CN1. The van der Waals surface area contributed by atoms with E-state index in [0.29, 0.717) is 17.7 Å².